The topological polar surface area (TPSA) is 12.5 Å². The predicted octanol–water partition coefficient (Wildman–Crippen LogP) is 1.20. The van der Waals surface area contributed by atoms with Crippen LogP contribution in [0.15, 0.2) is 12.2 Å². The average Bonchev–Trinajstić information content (AvgIpc) is 2.27. The van der Waals surface area contributed by atoms with Gasteiger partial charge in [-0.2, -0.15) is 5.06 Å². The van der Waals surface area contributed by atoms with Gasteiger partial charge in [0.2, 0.25) is 0 Å². The summed E-state index contributed by atoms with van der Waals surface area (Å²) in [5.41, 5.74) is 0. The second-order valence-corrected chi connectivity index (χ2v) is 3.12. The van der Waals surface area contributed by atoms with Gasteiger partial charge in [-0.1, -0.05) is 12.2 Å². The Kier molecular flexibility index (Phi) is 1.51. The maximum absolute atomic E-state index is 5.55. The van der Waals surface area contributed by atoms with E-state index in [4.69, 9.17) is 4.84 Å². The van der Waals surface area contributed by atoms with Gasteiger partial charge in [-0.3, -0.25) is 4.84 Å². The van der Waals surface area contributed by atoms with E-state index in [1.165, 1.54) is 12.8 Å². The van der Waals surface area contributed by atoms with Gasteiger partial charge in [0.15, 0.2) is 0 Å². The van der Waals surface area contributed by atoms with Crippen LogP contribution < -0.4 is 0 Å². The minimum Gasteiger partial charge on any atom is -0.295 e. The Labute approximate surface area is 61.4 Å². The Hall–Kier alpha value is -0.340. The molecule has 2 heteroatoms. The van der Waals surface area contributed by atoms with Crippen molar-refractivity contribution < 1.29 is 4.84 Å². The Morgan fingerprint density at radius 2 is 2.50 bits per heavy atom. The highest BCUT2D eigenvalue weighted by Crippen LogP contribution is 2.27. The van der Waals surface area contributed by atoms with E-state index in [-0.39, 0.29) is 0 Å². The van der Waals surface area contributed by atoms with Crippen LogP contribution in [0.2, 0.25) is 0 Å². The summed E-state index contributed by atoms with van der Waals surface area (Å²) in [5, 5.41) is 1.95. The molecule has 0 aromatic rings. The van der Waals surface area contributed by atoms with Crippen molar-refractivity contribution in [1.82, 2.24) is 5.06 Å². The van der Waals surface area contributed by atoms with Gasteiger partial charge >= 0.3 is 0 Å². The Bertz CT molecular complexity index is 155. The zero-order valence-electron chi connectivity index (χ0n) is 6.29. The minimum atomic E-state index is 0.481. The van der Waals surface area contributed by atoms with Crippen LogP contribution in [-0.2, 0) is 4.84 Å². The molecule has 1 aliphatic carbocycles. The van der Waals surface area contributed by atoms with Crippen LogP contribution in [-0.4, -0.2) is 24.8 Å². The van der Waals surface area contributed by atoms with Crippen LogP contribution in [0, 0.1) is 5.92 Å². The third-order valence-corrected chi connectivity index (χ3v) is 2.26. The van der Waals surface area contributed by atoms with Crippen molar-refractivity contribution in [3.8, 4) is 0 Å². The summed E-state index contributed by atoms with van der Waals surface area (Å²) >= 11 is 0. The van der Waals surface area contributed by atoms with Gasteiger partial charge in [-0.05, 0) is 12.8 Å². The van der Waals surface area contributed by atoms with Crippen LogP contribution in [0.5, 0.6) is 0 Å². The molecule has 0 saturated carbocycles. The number of allylic oxidation sites excluding steroid dienone is 1. The van der Waals surface area contributed by atoms with Crippen molar-refractivity contribution in [2.75, 3.05) is 13.6 Å². The molecule has 0 N–H and O–H groups in total. The van der Waals surface area contributed by atoms with Crippen LogP contribution >= 0.6 is 0 Å². The maximum Gasteiger partial charge on any atom is 0.0871 e. The first-order chi connectivity index (χ1) is 4.86. The van der Waals surface area contributed by atoms with Gasteiger partial charge in [0, 0.05) is 19.5 Å². The lowest BCUT2D eigenvalue weighted by atomic mass is 9.94. The summed E-state index contributed by atoms with van der Waals surface area (Å²) in [6, 6.07) is 0. The first kappa shape index (κ1) is 6.38. The summed E-state index contributed by atoms with van der Waals surface area (Å²) < 4.78 is 0. The van der Waals surface area contributed by atoms with Crippen molar-refractivity contribution in [3.63, 3.8) is 0 Å². The molecule has 1 heterocycles. The summed E-state index contributed by atoms with van der Waals surface area (Å²) in [6.45, 7) is 1.07. The number of fused-ring (bicyclic) bond motifs is 1. The smallest absolute Gasteiger partial charge is 0.0871 e. The van der Waals surface area contributed by atoms with Gasteiger partial charge in [0.25, 0.3) is 0 Å². The molecular weight excluding hydrogens is 126 g/mol. The summed E-state index contributed by atoms with van der Waals surface area (Å²) in [5.74, 6) is 0.666. The Morgan fingerprint density at radius 1 is 1.60 bits per heavy atom. The van der Waals surface area contributed by atoms with E-state index in [9.17, 15) is 0 Å². The fourth-order valence-corrected chi connectivity index (χ4v) is 1.75. The molecule has 10 heavy (non-hydrogen) atoms. The highest BCUT2D eigenvalue weighted by Gasteiger charge is 2.31. The second kappa shape index (κ2) is 2.36. The van der Waals surface area contributed by atoms with Crippen molar-refractivity contribution in [2.24, 2.45) is 5.92 Å². The monoisotopic (exact) mass is 139 g/mol. The molecule has 0 spiro atoms. The van der Waals surface area contributed by atoms with Crippen molar-refractivity contribution in [3.05, 3.63) is 12.2 Å². The first-order valence-electron chi connectivity index (χ1n) is 3.91. The molecular formula is C8H13NO. The van der Waals surface area contributed by atoms with E-state index < -0.39 is 0 Å². The fourth-order valence-electron chi connectivity index (χ4n) is 1.75. The van der Waals surface area contributed by atoms with E-state index in [2.05, 4.69) is 12.2 Å². The lowest BCUT2D eigenvalue weighted by molar-refractivity contribution is -0.129. The molecule has 1 fully saturated rings. The molecule has 1 saturated heterocycles. The number of rotatable bonds is 0. The molecule has 0 amide bonds. The number of hydrogen-bond donors (Lipinski definition) is 0. The maximum atomic E-state index is 5.55. The lowest BCUT2D eigenvalue weighted by Gasteiger charge is -2.16. The van der Waals surface area contributed by atoms with E-state index in [1.807, 2.05) is 12.1 Å². The zero-order valence-corrected chi connectivity index (χ0v) is 6.29. The molecule has 0 aromatic carbocycles. The molecule has 2 atom stereocenters. The quantitative estimate of drug-likeness (QED) is 0.467. The number of hydroxylamine groups is 2. The zero-order chi connectivity index (χ0) is 6.97. The van der Waals surface area contributed by atoms with Crippen LogP contribution in [0.1, 0.15) is 12.8 Å². The molecule has 0 aromatic heterocycles. The fraction of sp³-hybridized carbons (Fsp3) is 0.750. The first-order valence-corrected chi connectivity index (χ1v) is 3.91. The third kappa shape index (κ3) is 0.976. The molecule has 2 unspecified atom stereocenters. The minimum absolute atomic E-state index is 0.481. The molecule has 2 rings (SSSR count). The largest absolute Gasteiger partial charge is 0.295 e. The Balaban J connectivity index is 2.08. The van der Waals surface area contributed by atoms with E-state index in [1.54, 1.807) is 0 Å². The molecule has 56 valence electrons. The normalized spacial score (nSPS) is 40.1. The molecule has 2 nitrogen and oxygen atoms in total. The van der Waals surface area contributed by atoms with E-state index >= 15 is 0 Å². The molecule has 2 aliphatic rings. The predicted molar refractivity (Wildman–Crippen MR) is 39.4 cm³/mol. The lowest BCUT2D eigenvalue weighted by Crippen LogP contribution is -2.17. The average molecular weight is 139 g/mol. The SMILES string of the molecule is CN1CC2C=CCCC2O1. The van der Waals surface area contributed by atoms with Crippen LogP contribution in [0.25, 0.3) is 0 Å². The van der Waals surface area contributed by atoms with Gasteiger partial charge in [0.05, 0.1) is 6.10 Å². The summed E-state index contributed by atoms with van der Waals surface area (Å²) in [6.07, 6.45) is 7.43. The van der Waals surface area contributed by atoms with Gasteiger partial charge in [0.1, 0.15) is 0 Å². The van der Waals surface area contributed by atoms with Crippen molar-refractivity contribution in [2.45, 2.75) is 18.9 Å². The number of nitrogens with zero attached hydrogens (tertiary/aromatic N) is 1. The Morgan fingerprint density at radius 3 is 3.30 bits per heavy atom. The highest BCUT2D eigenvalue weighted by molar-refractivity contribution is 5.00. The summed E-state index contributed by atoms with van der Waals surface area (Å²) in [7, 11) is 2.01. The highest BCUT2D eigenvalue weighted by atomic mass is 16.7. The molecule has 0 radical (unpaired) electrons. The second-order valence-electron chi connectivity index (χ2n) is 3.12. The third-order valence-electron chi connectivity index (χ3n) is 2.26. The molecule has 1 aliphatic heterocycles. The molecule has 0 bridgehead atoms. The van der Waals surface area contributed by atoms with Crippen molar-refractivity contribution >= 4 is 0 Å². The van der Waals surface area contributed by atoms with Crippen LogP contribution in [0.3, 0.4) is 0 Å². The van der Waals surface area contributed by atoms with E-state index in [0.29, 0.717) is 12.0 Å². The van der Waals surface area contributed by atoms with Crippen molar-refractivity contribution in [1.29, 1.82) is 0 Å². The van der Waals surface area contributed by atoms with Gasteiger partial charge in [-0.25, -0.2) is 0 Å². The van der Waals surface area contributed by atoms with Gasteiger partial charge < -0.3 is 0 Å². The standard InChI is InChI=1S/C8H13NO/c1-9-6-7-4-2-3-5-8(7)10-9/h2,4,7-8H,3,5-6H2,1H3. The summed E-state index contributed by atoms with van der Waals surface area (Å²) in [4.78, 5) is 5.55. The van der Waals surface area contributed by atoms with Gasteiger partial charge in [-0.15, -0.1) is 0 Å². The van der Waals surface area contributed by atoms with Crippen LogP contribution in [0.4, 0.5) is 0 Å². The van der Waals surface area contributed by atoms with E-state index in [0.717, 1.165) is 6.54 Å². The number of hydrogen-bond acceptors (Lipinski definition) is 2.